The van der Waals surface area contributed by atoms with Crippen molar-refractivity contribution in [2.45, 2.75) is 25.4 Å². The van der Waals surface area contributed by atoms with E-state index in [1.54, 1.807) is 12.1 Å². The van der Waals surface area contributed by atoms with Gasteiger partial charge in [0.1, 0.15) is 17.7 Å². The Morgan fingerprint density at radius 1 is 1.24 bits per heavy atom. The van der Waals surface area contributed by atoms with Gasteiger partial charge in [-0.25, -0.2) is 4.39 Å². The van der Waals surface area contributed by atoms with Gasteiger partial charge in [-0.3, -0.25) is 0 Å². The molecule has 2 unspecified atom stereocenters. The number of hydrogen-bond acceptors (Lipinski definition) is 2. The van der Waals surface area contributed by atoms with Crippen LogP contribution in [0.4, 0.5) is 4.39 Å². The molecule has 21 heavy (non-hydrogen) atoms. The van der Waals surface area contributed by atoms with Gasteiger partial charge in [-0.05, 0) is 29.7 Å². The van der Waals surface area contributed by atoms with Crippen molar-refractivity contribution < 1.29 is 9.13 Å². The van der Waals surface area contributed by atoms with E-state index in [1.807, 2.05) is 6.07 Å². The SMILES string of the molecule is CC(CNCC1Cc2cc(F)ccc2O1)c1ccccc1. The van der Waals surface area contributed by atoms with Crippen LogP contribution < -0.4 is 10.1 Å². The van der Waals surface area contributed by atoms with Crippen LogP contribution in [0.1, 0.15) is 24.0 Å². The Bertz CT molecular complexity index is 599. The molecule has 0 amide bonds. The molecule has 0 bridgehead atoms. The molecule has 0 aliphatic carbocycles. The van der Waals surface area contributed by atoms with Crippen LogP contribution in [0.15, 0.2) is 48.5 Å². The zero-order valence-electron chi connectivity index (χ0n) is 12.2. The van der Waals surface area contributed by atoms with E-state index >= 15 is 0 Å². The van der Waals surface area contributed by atoms with Crippen LogP contribution in [0.25, 0.3) is 0 Å². The minimum Gasteiger partial charge on any atom is -0.488 e. The summed E-state index contributed by atoms with van der Waals surface area (Å²) in [7, 11) is 0. The fourth-order valence-corrected chi connectivity index (χ4v) is 2.76. The minimum atomic E-state index is -0.191. The Morgan fingerprint density at radius 3 is 2.86 bits per heavy atom. The largest absolute Gasteiger partial charge is 0.488 e. The monoisotopic (exact) mass is 285 g/mol. The lowest BCUT2D eigenvalue weighted by molar-refractivity contribution is 0.227. The zero-order chi connectivity index (χ0) is 14.7. The minimum absolute atomic E-state index is 0.102. The van der Waals surface area contributed by atoms with Gasteiger partial charge < -0.3 is 10.1 Å². The van der Waals surface area contributed by atoms with Crippen molar-refractivity contribution in [3.8, 4) is 5.75 Å². The normalized spacial score (nSPS) is 18.1. The van der Waals surface area contributed by atoms with Gasteiger partial charge in [0.25, 0.3) is 0 Å². The summed E-state index contributed by atoms with van der Waals surface area (Å²) in [5, 5.41) is 3.46. The van der Waals surface area contributed by atoms with Crippen molar-refractivity contribution in [1.82, 2.24) is 5.32 Å². The van der Waals surface area contributed by atoms with Gasteiger partial charge in [-0.15, -0.1) is 0 Å². The third kappa shape index (κ3) is 3.42. The molecule has 1 heterocycles. The van der Waals surface area contributed by atoms with Gasteiger partial charge in [0.05, 0.1) is 0 Å². The first-order valence-corrected chi connectivity index (χ1v) is 7.43. The van der Waals surface area contributed by atoms with E-state index < -0.39 is 0 Å². The summed E-state index contributed by atoms with van der Waals surface area (Å²) >= 11 is 0. The first-order valence-electron chi connectivity index (χ1n) is 7.43. The summed E-state index contributed by atoms with van der Waals surface area (Å²) in [5.41, 5.74) is 2.31. The highest BCUT2D eigenvalue weighted by Gasteiger charge is 2.22. The Kier molecular flexibility index (Phi) is 4.20. The second-order valence-corrected chi connectivity index (χ2v) is 5.67. The highest BCUT2D eigenvalue weighted by molar-refractivity contribution is 5.37. The molecule has 2 aromatic carbocycles. The lowest BCUT2D eigenvalue weighted by Gasteiger charge is -2.16. The first kappa shape index (κ1) is 14.1. The maximum atomic E-state index is 13.2. The van der Waals surface area contributed by atoms with Gasteiger partial charge in [0.15, 0.2) is 0 Å². The predicted octanol–water partition coefficient (Wildman–Crippen LogP) is 3.52. The molecular weight excluding hydrogens is 265 g/mol. The van der Waals surface area contributed by atoms with Crippen LogP contribution in [0.2, 0.25) is 0 Å². The maximum Gasteiger partial charge on any atom is 0.123 e. The summed E-state index contributed by atoms with van der Waals surface area (Å²) in [4.78, 5) is 0. The molecule has 2 nitrogen and oxygen atoms in total. The molecule has 0 saturated heterocycles. The van der Waals surface area contributed by atoms with Gasteiger partial charge in [-0.1, -0.05) is 37.3 Å². The Balaban J connectivity index is 1.47. The van der Waals surface area contributed by atoms with E-state index in [-0.39, 0.29) is 11.9 Å². The van der Waals surface area contributed by atoms with Crippen LogP contribution in [-0.2, 0) is 6.42 Å². The number of nitrogens with one attached hydrogen (secondary N) is 1. The topological polar surface area (TPSA) is 21.3 Å². The third-order valence-corrected chi connectivity index (χ3v) is 3.95. The molecule has 1 aliphatic heterocycles. The molecule has 0 aromatic heterocycles. The maximum absolute atomic E-state index is 13.2. The van der Waals surface area contributed by atoms with Gasteiger partial charge in [-0.2, -0.15) is 0 Å². The second kappa shape index (κ2) is 6.27. The van der Waals surface area contributed by atoms with Crippen molar-refractivity contribution >= 4 is 0 Å². The molecule has 2 atom stereocenters. The van der Waals surface area contributed by atoms with Gasteiger partial charge >= 0.3 is 0 Å². The van der Waals surface area contributed by atoms with Crippen molar-refractivity contribution in [3.05, 3.63) is 65.5 Å². The standard InChI is InChI=1S/C18H20FNO/c1-13(14-5-3-2-4-6-14)11-20-12-17-10-15-9-16(19)7-8-18(15)21-17/h2-9,13,17,20H,10-12H2,1H3. The Morgan fingerprint density at radius 2 is 2.05 bits per heavy atom. The Hall–Kier alpha value is -1.87. The zero-order valence-corrected chi connectivity index (χ0v) is 12.2. The summed E-state index contributed by atoms with van der Waals surface area (Å²) in [6.45, 7) is 3.91. The molecule has 3 heteroatoms. The number of hydrogen-bond donors (Lipinski definition) is 1. The average Bonchev–Trinajstić information content (AvgIpc) is 2.89. The summed E-state index contributed by atoms with van der Waals surface area (Å²) in [5.74, 6) is 1.09. The van der Waals surface area contributed by atoms with E-state index in [4.69, 9.17) is 4.74 Å². The molecule has 1 aliphatic rings. The molecule has 0 spiro atoms. The van der Waals surface area contributed by atoms with Crippen LogP contribution in [-0.4, -0.2) is 19.2 Å². The molecule has 1 N–H and O–H groups in total. The molecule has 110 valence electrons. The smallest absolute Gasteiger partial charge is 0.123 e. The summed E-state index contributed by atoms with van der Waals surface area (Å²) < 4.78 is 19.0. The molecule has 0 radical (unpaired) electrons. The molecule has 0 fully saturated rings. The Labute approximate surface area is 125 Å². The number of benzene rings is 2. The van der Waals surface area contributed by atoms with Crippen molar-refractivity contribution in [2.75, 3.05) is 13.1 Å². The number of ether oxygens (including phenoxy) is 1. The predicted molar refractivity (Wildman–Crippen MR) is 82.2 cm³/mol. The highest BCUT2D eigenvalue weighted by atomic mass is 19.1. The van der Waals surface area contributed by atoms with Crippen LogP contribution in [0.3, 0.4) is 0 Å². The molecule has 3 rings (SSSR count). The summed E-state index contributed by atoms with van der Waals surface area (Å²) in [6.07, 6.45) is 0.879. The third-order valence-electron chi connectivity index (χ3n) is 3.95. The molecule has 0 saturated carbocycles. The van der Waals surface area contributed by atoms with Gasteiger partial charge in [0, 0.05) is 25.1 Å². The highest BCUT2D eigenvalue weighted by Crippen LogP contribution is 2.29. The van der Waals surface area contributed by atoms with E-state index in [1.165, 1.54) is 11.6 Å². The van der Waals surface area contributed by atoms with E-state index in [0.717, 1.165) is 30.8 Å². The lowest BCUT2D eigenvalue weighted by atomic mass is 10.0. The van der Waals surface area contributed by atoms with Crippen LogP contribution in [0, 0.1) is 5.82 Å². The van der Waals surface area contributed by atoms with Crippen LogP contribution >= 0.6 is 0 Å². The number of fused-ring (bicyclic) bond motifs is 1. The quantitative estimate of drug-likeness (QED) is 0.907. The van der Waals surface area contributed by atoms with E-state index in [9.17, 15) is 4.39 Å². The first-order chi connectivity index (χ1) is 10.2. The molecular formula is C18H20FNO. The van der Waals surface area contributed by atoms with Crippen molar-refractivity contribution in [1.29, 1.82) is 0 Å². The van der Waals surface area contributed by atoms with Gasteiger partial charge in [0.2, 0.25) is 0 Å². The second-order valence-electron chi connectivity index (χ2n) is 5.67. The average molecular weight is 285 g/mol. The van der Waals surface area contributed by atoms with E-state index in [0.29, 0.717) is 5.92 Å². The number of halogens is 1. The van der Waals surface area contributed by atoms with Crippen molar-refractivity contribution in [3.63, 3.8) is 0 Å². The van der Waals surface area contributed by atoms with Crippen molar-refractivity contribution in [2.24, 2.45) is 0 Å². The van der Waals surface area contributed by atoms with E-state index in [2.05, 4.69) is 36.5 Å². The fraction of sp³-hybridized carbons (Fsp3) is 0.333. The summed E-state index contributed by atoms with van der Waals surface area (Å²) in [6, 6.07) is 15.2. The fourth-order valence-electron chi connectivity index (χ4n) is 2.76. The lowest BCUT2D eigenvalue weighted by Crippen LogP contribution is -2.32. The molecule has 2 aromatic rings. The van der Waals surface area contributed by atoms with Crippen LogP contribution in [0.5, 0.6) is 5.75 Å². The number of rotatable bonds is 5.